The summed E-state index contributed by atoms with van der Waals surface area (Å²) in [5, 5.41) is 14.7. The third-order valence-electron chi connectivity index (χ3n) is 1.74. The molecule has 0 spiro atoms. The molecule has 0 aromatic carbocycles. The average molecular weight is 183 g/mol. The largest absolute Gasteiger partial charge is 1.00 e. The molecule has 1 unspecified atom stereocenters. The van der Waals surface area contributed by atoms with Gasteiger partial charge < -0.3 is 5.21 Å². The molecule has 0 bridgehead atoms. The Morgan fingerprint density at radius 1 is 1.73 bits per heavy atom. The van der Waals surface area contributed by atoms with Gasteiger partial charge in [-0.25, -0.2) is 0 Å². The second-order valence-corrected chi connectivity index (χ2v) is 2.39. The zero-order valence-corrected chi connectivity index (χ0v) is 10.6. The Morgan fingerprint density at radius 2 is 2.18 bits per heavy atom. The summed E-state index contributed by atoms with van der Waals surface area (Å²) in [6, 6.07) is 0. The van der Waals surface area contributed by atoms with Gasteiger partial charge in [-0.3, -0.25) is 4.79 Å². The van der Waals surface area contributed by atoms with Crippen molar-refractivity contribution in [3.05, 3.63) is 5.21 Å². The van der Waals surface area contributed by atoms with Crippen molar-refractivity contribution in [3.8, 4) is 0 Å². The van der Waals surface area contributed by atoms with Crippen LogP contribution < -0.4 is 56.7 Å². The molecular weight excluding hydrogens is 171 g/mol. The Kier molecular flexibility index (Phi) is 8.09. The summed E-state index contributed by atoms with van der Waals surface area (Å²) in [6.07, 6.45) is 0.539. The van der Waals surface area contributed by atoms with E-state index in [1.54, 1.807) is 6.92 Å². The van der Waals surface area contributed by atoms with Gasteiger partial charge in [-0.05, 0) is 25.4 Å². The van der Waals surface area contributed by atoms with Crippen LogP contribution in [0.4, 0.5) is 0 Å². The molecular formula is C6H12KN2O2+. The van der Waals surface area contributed by atoms with Gasteiger partial charge >= 0.3 is 51.4 Å². The van der Waals surface area contributed by atoms with Crippen molar-refractivity contribution < 1.29 is 61.5 Å². The summed E-state index contributed by atoms with van der Waals surface area (Å²) < 4.78 is 0. The second kappa shape index (κ2) is 6.25. The summed E-state index contributed by atoms with van der Waals surface area (Å²) >= 11 is 0. The van der Waals surface area contributed by atoms with Gasteiger partial charge in [-0.15, -0.1) is 5.28 Å². The molecule has 0 fully saturated rings. The molecule has 58 valence electrons. The minimum atomic E-state index is -0.845. The normalized spacial score (nSPS) is 15.5. The van der Waals surface area contributed by atoms with E-state index in [-0.39, 0.29) is 57.2 Å². The van der Waals surface area contributed by atoms with Crippen molar-refractivity contribution in [2.75, 3.05) is 0 Å². The van der Waals surface area contributed by atoms with Crippen LogP contribution in [0.5, 0.6) is 0 Å². The molecule has 0 aliphatic carbocycles. The molecule has 11 heavy (non-hydrogen) atoms. The molecule has 5 heteroatoms. The van der Waals surface area contributed by atoms with E-state index in [0.29, 0.717) is 6.42 Å². The third-order valence-corrected chi connectivity index (χ3v) is 1.74. The first-order valence-corrected chi connectivity index (χ1v) is 3.17. The molecule has 0 aliphatic heterocycles. The smallest absolute Gasteiger partial charge is 0.602 e. The predicted molar refractivity (Wildman–Crippen MR) is 36.1 cm³/mol. The topological polar surface area (TPSA) is 66.5 Å². The zero-order chi connectivity index (χ0) is 8.20. The van der Waals surface area contributed by atoms with Crippen LogP contribution in [-0.2, 0) is 4.79 Å². The van der Waals surface area contributed by atoms with Crippen molar-refractivity contribution in [2.24, 2.45) is 5.11 Å². The quantitative estimate of drug-likeness (QED) is 0.284. The van der Waals surface area contributed by atoms with Gasteiger partial charge in [0.15, 0.2) is 11.3 Å². The third kappa shape index (κ3) is 4.32. The maximum Gasteiger partial charge on any atom is 1.00 e. The van der Waals surface area contributed by atoms with E-state index in [4.69, 9.17) is 0 Å². The number of nitrogens with one attached hydrogen (secondary N) is 1. The first kappa shape index (κ1) is 14.2. The van der Waals surface area contributed by atoms with Gasteiger partial charge in [-0.1, -0.05) is 6.92 Å². The summed E-state index contributed by atoms with van der Waals surface area (Å²) in [4.78, 5) is 10.8. The Hall–Kier alpha value is 0.706. The van der Waals surface area contributed by atoms with E-state index in [1.165, 1.54) is 12.2 Å². The number of nitrogens with zero attached hydrogens (tertiary/aromatic N) is 1. The van der Waals surface area contributed by atoms with Crippen LogP contribution in [0.15, 0.2) is 5.11 Å². The van der Waals surface area contributed by atoms with Crippen LogP contribution in [0.2, 0.25) is 0 Å². The number of carbonyl (C=O) groups is 1. The standard InChI is InChI=1S/C6H12N2O2.K/c1-4-6(3,5(2)9)7-8-10;/h8H,4H2,1-3H3;/q;+1. The Bertz CT molecular complexity index is 161. The maximum atomic E-state index is 10.8. The predicted octanol–water partition coefficient (Wildman–Crippen LogP) is -3.22. The van der Waals surface area contributed by atoms with Gasteiger partial charge in [0.25, 0.3) is 0 Å². The van der Waals surface area contributed by atoms with Gasteiger partial charge in [0, 0.05) is 0 Å². The average Bonchev–Trinajstić information content (AvgIpc) is 1.88. The van der Waals surface area contributed by atoms with E-state index in [1.807, 2.05) is 6.92 Å². The van der Waals surface area contributed by atoms with Gasteiger partial charge in [0.05, 0.1) is 0 Å². The molecule has 0 aliphatic rings. The number of carbonyl (C=O) groups excluding carboxylic acids is 1. The van der Waals surface area contributed by atoms with Gasteiger partial charge in [0.2, 0.25) is 0 Å². The molecule has 0 aromatic rings. The fraction of sp³-hybridized carbons (Fsp3) is 0.833. The van der Waals surface area contributed by atoms with Crippen LogP contribution in [0, 0.1) is 5.21 Å². The van der Waals surface area contributed by atoms with Crippen LogP contribution in [0.3, 0.4) is 0 Å². The maximum absolute atomic E-state index is 10.8. The van der Waals surface area contributed by atoms with Crippen LogP contribution >= 0.6 is 0 Å². The molecule has 1 N–H and O–H groups in total. The Labute approximate surface area is 109 Å². The molecule has 1 atom stereocenters. The monoisotopic (exact) mass is 183 g/mol. The van der Waals surface area contributed by atoms with Crippen LogP contribution in [0.1, 0.15) is 27.2 Å². The molecule has 0 rings (SSSR count). The Morgan fingerprint density at radius 3 is 2.27 bits per heavy atom. The van der Waals surface area contributed by atoms with Crippen molar-refractivity contribution in [2.45, 2.75) is 32.7 Å². The molecule has 0 radical (unpaired) electrons. The van der Waals surface area contributed by atoms with Crippen molar-refractivity contribution in [1.29, 1.82) is 0 Å². The SMILES string of the molecule is CCC(C)(N=[NH+][O-])C(C)=O.[K+]. The number of hydrogen-bond acceptors (Lipinski definition) is 3. The van der Waals surface area contributed by atoms with Gasteiger partial charge in [-0.2, -0.15) is 0 Å². The van der Waals surface area contributed by atoms with E-state index >= 15 is 0 Å². The zero-order valence-electron chi connectivity index (χ0n) is 7.47. The van der Waals surface area contributed by atoms with Crippen LogP contribution in [0.25, 0.3) is 0 Å². The molecule has 4 nitrogen and oxygen atoms in total. The van der Waals surface area contributed by atoms with Crippen molar-refractivity contribution in [3.63, 3.8) is 0 Å². The van der Waals surface area contributed by atoms with Crippen LogP contribution in [-0.4, -0.2) is 11.3 Å². The summed E-state index contributed by atoms with van der Waals surface area (Å²) in [5.41, 5.74) is -0.845. The molecule has 0 saturated heterocycles. The molecule has 0 amide bonds. The fourth-order valence-electron chi connectivity index (χ4n) is 0.507. The molecule has 0 saturated carbocycles. The Balaban J connectivity index is 0. The minimum Gasteiger partial charge on any atom is -0.602 e. The second-order valence-electron chi connectivity index (χ2n) is 2.39. The van der Waals surface area contributed by atoms with E-state index < -0.39 is 5.54 Å². The fourth-order valence-corrected chi connectivity index (χ4v) is 0.507. The van der Waals surface area contributed by atoms with E-state index in [9.17, 15) is 10.0 Å². The summed E-state index contributed by atoms with van der Waals surface area (Å²) in [6.45, 7) is 4.85. The van der Waals surface area contributed by atoms with Gasteiger partial charge in [0.1, 0.15) is 0 Å². The first-order valence-electron chi connectivity index (χ1n) is 3.17. The van der Waals surface area contributed by atoms with E-state index in [2.05, 4.69) is 5.11 Å². The first-order chi connectivity index (χ1) is 4.56. The minimum absolute atomic E-state index is 0. The molecule has 0 heterocycles. The summed E-state index contributed by atoms with van der Waals surface area (Å²) in [7, 11) is 0. The number of hydrogen-bond donors (Lipinski definition) is 1. The number of Topliss-reactive ketones (excluding diaryl/α,β-unsaturated/α-hetero) is 1. The number of rotatable bonds is 3. The molecule has 0 aromatic heterocycles. The van der Waals surface area contributed by atoms with Crippen molar-refractivity contribution >= 4 is 5.78 Å². The summed E-state index contributed by atoms with van der Waals surface area (Å²) in [5.74, 6) is -0.0987. The van der Waals surface area contributed by atoms with Crippen molar-refractivity contribution in [1.82, 2.24) is 0 Å². The van der Waals surface area contributed by atoms with E-state index in [0.717, 1.165) is 0 Å². The number of ketones is 1.